The van der Waals surface area contributed by atoms with Gasteiger partial charge in [0.15, 0.2) is 0 Å². The normalized spacial score (nSPS) is 11.2. The van der Waals surface area contributed by atoms with Crippen molar-refractivity contribution in [3.8, 4) is 0 Å². The highest BCUT2D eigenvalue weighted by Gasteiger charge is 2.07. The fourth-order valence-electron chi connectivity index (χ4n) is 1.45. The van der Waals surface area contributed by atoms with Crippen molar-refractivity contribution >= 4 is 24.2 Å². The lowest BCUT2D eigenvalue weighted by atomic mass is 10.2. The van der Waals surface area contributed by atoms with Crippen LogP contribution in [0, 0.1) is 5.82 Å². The molecule has 1 rings (SSSR count). The highest BCUT2D eigenvalue weighted by atomic mass is 35.5. The van der Waals surface area contributed by atoms with Crippen LogP contribution in [-0.2, 0) is 4.79 Å². The molecule has 1 unspecified atom stereocenters. The molecule has 0 aliphatic rings. The standard InChI is InChI=1S/C14H20FN3O2.ClH/c1-10(16-2)9-18-13(19)7-8-17-14(20)11-3-5-12(15)6-4-11;/h3-6,10,16H,7-9H2,1-2H3,(H,17,20)(H,18,19);1H. The van der Waals surface area contributed by atoms with Crippen LogP contribution in [0.2, 0.25) is 0 Å². The number of likely N-dealkylation sites (N-methyl/N-ethyl adjacent to an activating group) is 1. The average Bonchev–Trinajstić information content (AvgIpc) is 2.45. The molecule has 0 radical (unpaired) electrons. The van der Waals surface area contributed by atoms with E-state index >= 15 is 0 Å². The molecule has 7 heteroatoms. The lowest BCUT2D eigenvalue weighted by Gasteiger charge is -2.11. The third-order valence-electron chi connectivity index (χ3n) is 2.84. The van der Waals surface area contributed by atoms with Crippen LogP contribution in [0.4, 0.5) is 4.39 Å². The fourth-order valence-corrected chi connectivity index (χ4v) is 1.45. The molecule has 0 saturated heterocycles. The molecule has 0 aliphatic heterocycles. The van der Waals surface area contributed by atoms with Crippen molar-refractivity contribution in [3.05, 3.63) is 35.6 Å². The Labute approximate surface area is 130 Å². The van der Waals surface area contributed by atoms with Crippen molar-refractivity contribution < 1.29 is 14.0 Å². The summed E-state index contributed by atoms with van der Waals surface area (Å²) in [6, 6.07) is 5.45. The summed E-state index contributed by atoms with van der Waals surface area (Å²) in [4.78, 5) is 23.2. The number of carbonyl (C=O) groups is 2. The van der Waals surface area contributed by atoms with Crippen LogP contribution in [0.1, 0.15) is 23.7 Å². The van der Waals surface area contributed by atoms with E-state index in [4.69, 9.17) is 0 Å². The number of hydrogen-bond donors (Lipinski definition) is 3. The maximum absolute atomic E-state index is 12.7. The van der Waals surface area contributed by atoms with Gasteiger partial charge in [-0.15, -0.1) is 12.4 Å². The molecule has 0 aliphatic carbocycles. The summed E-state index contributed by atoms with van der Waals surface area (Å²) >= 11 is 0. The van der Waals surface area contributed by atoms with Gasteiger partial charge in [-0.25, -0.2) is 4.39 Å². The Balaban J connectivity index is 0.00000400. The van der Waals surface area contributed by atoms with Gasteiger partial charge < -0.3 is 16.0 Å². The first kappa shape index (κ1) is 19.3. The van der Waals surface area contributed by atoms with E-state index in [2.05, 4.69) is 16.0 Å². The first-order valence-electron chi connectivity index (χ1n) is 6.50. The Morgan fingerprint density at radius 3 is 2.38 bits per heavy atom. The van der Waals surface area contributed by atoms with Crippen molar-refractivity contribution in [3.63, 3.8) is 0 Å². The molecular formula is C14H21ClFN3O2. The summed E-state index contributed by atoms with van der Waals surface area (Å²) in [6.45, 7) is 2.74. The zero-order chi connectivity index (χ0) is 15.0. The molecule has 0 spiro atoms. The van der Waals surface area contributed by atoms with Gasteiger partial charge >= 0.3 is 0 Å². The second kappa shape index (κ2) is 10.1. The van der Waals surface area contributed by atoms with Crippen LogP contribution >= 0.6 is 12.4 Å². The third kappa shape index (κ3) is 7.63. The zero-order valence-corrected chi connectivity index (χ0v) is 12.9. The molecule has 1 atom stereocenters. The van der Waals surface area contributed by atoms with Crippen molar-refractivity contribution in [2.75, 3.05) is 20.1 Å². The Bertz CT molecular complexity index is 454. The smallest absolute Gasteiger partial charge is 0.251 e. The van der Waals surface area contributed by atoms with Crippen molar-refractivity contribution in [2.45, 2.75) is 19.4 Å². The first-order valence-corrected chi connectivity index (χ1v) is 6.50. The topological polar surface area (TPSA) is 70.2 Å². The molecule has 5 nitrogen and oxygen atoms in total. The molecule has 3 N–H and O–H groups in total. The second-order valence-corrected chi connectivity index (χ2v) is 4.51. The number of nitrogens with one attached hydrogen (secondary N) is 3. The highest BCUT2D eigenvalue weighted by molar-refractivity contribution is 5.94. The van der Waals surface area contributed by atoms with Gasteiger partial charge in [0, 0.05) is 31.1 Å². The van der Waals surface area contributed by atoms with E-state index < -0.39 is 0 Å². The lowest BCUT2D eigenvalue weighted by Crippen LogP contribution is -2.38. The number of benzene rings is 1. The largest absolute Gasteiger partial charge is 0.354 e. The molecule has 118 valence electrons. The van der Waals surface area contributed by atoms with Crippen LogP contribution in [0.15, 0.2) is 24.3 Å². The summed E-state index contributed by atoms with van der Waals surface area (Å²) in [5.74, 6) is -0.826. The van der Waals surface area contributed by atoms with Gasteiger partial charge in [-0.1, -0.05) is 0 Å². The molecular weight excluding hydrogens is 297 g/mol. The van der Waals surface area contributed by atoms with Crippen LogP contribution in [0.25, 0.3) is 0 Å². The maximum Gasteiger partial charge on any atom is 0.251 e. The third-order valence-corrected chi connectivity index (χ3v) is 2.84. The van der Waals surface area contributed by atoms with E-state index in [1.165, 1.54) is 24.3 Å². The van der Waals surface area contributed by atoms with Crippen molar-refractivity contribution in [1.82, 2.24) is 16.0 Å². The minimum absolute atomic E-state index is 0. The molecule has 2 amide bonds. The lowest BCUT2D eigenvalue weighted by molar-refractivity contribution is -0.121. The minimum Gasteiger partial charge on any atom is -0.354 e. The van der Waals surface area contributed by atoms with E-state index in [-0.39, 0.29) is 49.0 Å². The quantitative estimate of drug-likeness (QED) is 0.705. The number of rotatable bonds is 7. The molecule has 0 aromatic heterocycles. The van der Waals surface area contributed by atoms with Gasteiger partial charge in [-0.05, 0) is 38.2 Å². The predicted octanol–water partition coefficient (Wildman–Crippen LogP) is 1.09. The summed E-state index contributed by atoms with van der Waals surface area (Å²) in [7, 11) is 1.82. The van der Waals surface area contributed by atoms with E-state index in [1.807, 2.05) is 14.0 Å². The molecule has 0 saturated carbocycles. The average molecular weight is 318 g/mol. The molecule has 0 bridgehead atoms. The number of carbonyl (C=O) groups excluding carboxylic acids is 2. The van der Waals surface area contributed by atoms with Crippen molar-refractivity contribution in [1.29, 1.82) is 0 Å². The number of amides is 2. The molecule has 0 fully saturated rings. The highest BCUT2D eigenvalue weighted by Crippen LogP contribution is 2.02. The van der Waals surface area contributed by atoms with E-state index in [9.17, 15) is 14.0 Å². The van der Waals surface area contributed by atoms with Crippen LogP contribution < -0.4 is 16.0 Å². The van der Waals surface area contributed by atoms with Gasteiger partial charge in [0.25, 0.3) is 5.91 Å². The summed E-state index contributed by atoms with van der Waals surface area (Å²) in [5, 5.41) is 8.37. The van der Waals surface area contributed by atoms with Crippen LogP contribution in [-0.4, -0.2) is 38.0 Å². The van der Waals surface area contributed by atoms with Gasteiger partial charge in [-0.2, -0.15) is 0 Å². The Morgan fingerprint density at radius 2 is 1.81 bits per heavy atom. The van der Waals surface area contributed by atoms with Crippen LogP contribution in [0.3, 0.4) is 0 Å². The Kier molecular flexibility index (Phi) is 9.32. The molecule has 0 heterocycles. The van der Waals surface area contributed by atoms with Gasteiger partial charge in [0.2, 0.25) is 5.91 Å². The Morgan fingerprint density at radius 1 is 1.19 bits per heavy atom. The molecule has 21 heavy (non-hydrogen) atoms. The summed E-state index contributed by atoms with van der Waals surface area (Å²) in [5.41, 5.74) is 0.371. The SMILES string of the molecule is CNC(C)CNC(=O)CCNC(=O)c1ccc(F)cc1.Cl. The fraction of sp³-hybridized carbons (Fsp3) is 0.429. The Hall–Kier alpha value is -1.66. The second-order valence-electron chi connectivity index (χ2n) is 4.51. The van der Waals surface area contributed by atoms with Gasteiger partial charge in [-0.3, -0.25) is 9.59 Å². The minimum atomic E-state index is -0.389. The van der Waals surface area contributed by atoms with Crippen molar-refractivity contribution in [2.24, 2.45) is 0 Å². The van der Waals surface area contributed by atoms with E-state index in [0.29, 0.717) is 12.1 Å². The zero-order valence-electron chi connectivity index (χ0n) is 12.1. The monoisotopic (exact) mass is 317 g/mol. The molecule has 1 aromatic rings. The van der Waals surface area contributed by atoms with Gasteiger partial charge in [0.05, 0.1) is 0 Å². The predicted molar refractivity (Wildman–Crippen MR) is 82.1 cm³/mol. The van der Waals surface area contributed by atoms with Crippen LogP contribution in [0.5, 0.6) is 0 Å². The number of halogens is 2. The maximum atomic E-state index is 12.7. The van der Waals surface area contributed by atoms with Gasteiger partial charge in [0.1, 0.15) is 5.82 Å². The van der Waals surface area contributed by atoms with E-state index in [0.717, 1.165) is 0 Å². The summed E-state index contributed by atoms with van der Waals surface area (Å²) in [6.07, 6.45) is 0.212. The van der Waals surface area contributed by atoms with E-state index in [1.54, 1.807) is 0 Å². The first-order chi connectivity index (χ1) is 9.52. The summed E-state index contributed by atoms with van der Waals surface area (Å²) < 4.78 is 12.7. The molecule has 1 aromatic carbocycles. The number of hydrogen-bond acceptors (Lipinski definition) is 3.